The third-order valence-electron chi connectivity index (χ3n) is 3.77. The molecule has 0 aliphatic rings. The van der Waals surface area contributed by atoms with Crippen molar-refractivity contribution < 1.29 is 21.6 Å². The summed E-state index contributed by atoms with van der Waals surface area (Å²) >= 11 is 0. The predicted octanol–water partition coefficient (Wildman–Crippen LogP) is 1.20. The van der Waals surface area contributed by atoms with E-state index in [1.165, 1.54) is 24.3 Å². The van der Waals surface area contributed by atoms with Crippen LogP contribution in [0.5, 0.6) is 0 Å². The molecule has 0 aliphatic carbocycles. The van der Waals surface area contributed by atoms with E-state index in [0.29, 0.717) is 25.7 Å². The number of nitrogens with one attached hydrogen (secondary N) is 1. The number of nitrogens with two attached hydrogens (primary N) is 1. The second-order valence-electron chi connectivity index (χ2n) is 5.92. The maximum Gasteiger partial charge on any atom is 0.264 e. The second-order valence-corrected chi connectivity index (χ2v) is 9.93. The molecule has 0 aliphatic heterocycles. The van der Waals surface area contributed by atoms with Crippen LogP contribution >= 0.6 is 0 Å². The standard InChI is InChI=1S/C16H26N2O5S2/c1-3-8-13(9-4-2)24(20,21)12-15(17)16(19)18-25(22,23)14-10-6-5-7-11-14/h5-7,10-11,13,15H,3-4,8-9,12,17H2,1-2H3,(H,18,19)/t15-/m0/s1. The highest BCUT2D eigenvalue weighted by Gasteiger charge is 2.30. The summed E-state index contributed by atoms with van der Waals surface area (Å²) in [5.74, 6) is -1.60. The lowest BCUT2D eigenvalue weighted by atomic mass is 10.2. The van der Waals surface area contributed by atoms with Crippen LogP contribution in [-0.2, 0) is 24.7 Å². The Balaban J connectivity index is 2.82. The molecule has 0 heterocycles. The molecule has 7 nitrogen and oxygen atoms in total. The van der Waals surface area contributed by atoms with Crippen molar-refractivity contribution in [1.82, 2.24) is 4.72 Å². The summed E-state index contributed by atoms with van der Waals surface area (Å²) in [6.45, 7) is 3.77. The Labute approximate surface area is 150 Å². The van der Waals surface area contributed by atoms with Gasteiger partial charge in [0, 0.05) is 0 Å². The van der Waals surface area contributed by atoms with Gasteiger partial charge >= 0.3 is 0 Å². The molecule has 0 saturated carbocycles. The minimum absolute atomic E-state index is 0.0896. The summed E-state index contributed by atoms with van der Waals surface area (Å²) in [5.41, 5.74) is 5.66. The average molecular weight is 391 g/mol. The molecule has 25 heavy (non-hydrogen) atoms. The normalized spacial score (nSPS) is 13.6. The van der Waals surface area contributed by atoms with Crippen molar-refractivity contribution in [2.24, 2.45) is 5.73 Å². The Morgan fingerprint density at radius 2 is 1.56 bits per heavy atom. The SMILES string of the molecule is CCCC(CCC)S(=O)(=O)C[C@H](N)C(=O)NS(=O)(=O)c1ccccc1. The molecule has 9 heteroatoms. The van der Waals surface area contributed by atoms with Gasteiger partial charge < -0.3 is 5.73 Å². The minimum Gasteiger partial charge on any atom is -0.319 e. The zero-order valence-corrected chi connectivity index (χ0v) is 16.1. The Kier molecular flexibility index (Phi) is 8.04. The first kappa shape index (κ1) is 21.6. The smallest absolute Gasteiger partial charge is 0.264 e. The number of amides is 1. The highest BCUT2D eigenvalue weighted by molar-refractivity contribution is 7.92. The Bertz CT molecular complexity index is 755. The van der Waals surface area contributed by atoms with Crippen molar-refractivity contribution >= 4 is 25.8 Å². The summed E-state index contributed by atoms with van der Waals surface area (Å²) in [5, 5.41) is -0.563. The summed E-state index contributed by atoms with van der Waals surface area (Å²) in [7, 11) is -7.67. The largest absolute Gasteiger partial charge is 0.319 e. The summed E-state index contributed by atoms with van der Waals surface area (Å²) < 4.78 is 51.0. The molecule has 0 unspecified atom stereocenters. The second kappa shape index (κ2) is 9.30. The number of sulfonamides is 1. The number of benzene rings is 1. The fraction of sp³-hybridized carbons (Fsp3) is 0.562. The number of carbonyl (C=O) groups excluding carboxylic acids is 1. The van der Waals surface area contributed by atoms with Crippen molar-refractivity contribution in [2.45, 2.75) is 55.7 Å². The maximum atomic E-state index is 12.5. The van der Waals surface area contributed by atoms with Crippen molar-refractivity contribution in [3.05, 3.63) is 30.3 Å². The topological polar surface area (TPSA) is 123 Å². The molecular weight excluding hydrogens is 364 g/mol. The monoisotopic (exact) mass is 390 g/mol. The van der Waals surface area contributed by atoms with Gasteiger partial charge in [0.25, 0.3) is 15.9 Å². The molecule has 142 valence electrons. The van der Waals surface area contributed by atoms with E-state index in [1.807, 2.05) is 18.6 Å². The van der Waals surface area contributed by atoms with Crippen LogP contribution in [0.15, 0.2) is 35.2 Å². The van der Waals surface area contributed by atoms with E-state index < -0.39 is 42.8 Å². The van der Waals surface area contributed by atoms with Gasteiger partial charge in [-0.2, -0.15) is 0 Å². The van der Waals surface area contributed by atoms with Gasteiger partial charge in [0.2, 0.25) is 0 Å². The van der Waals surface area contributed by atoms with Crippen molar-refractivity contribution in [2.75, 3.05) is 5.75 Å². The van der Waals surface area contributed by atoms with Gasteiger partial charge in [-0.15, -0.1) is 0 Å². The molecule has 0 aromatic heterocycles. The molecule has 0 spiro atoms. The Morgan fingerprint density at radius 3 is 2.04 bits per heavy atom. The lowest BCUT2D eigenvalue weighted by molar-refractivity contribution is -0.120. The molecule has 1 aromatic rings. The third kappa shape index (κ3) is 6.41. The van der Waals surface area contributed by atoms with Gasteiger partial charge in [-0.3, -0.25) is 4.79 Å². The Morgan fingerprint density at radius 1 is 1.04 bits per heavy atom. The van der Waals surface area contributed by atoms with Gasteiger partial charge in [-0.25, -0.2) is 21.6 Å². The number of sulfone groups is 1. The zero-order chi connectivity index (χ0) is 19.1. The van der Waals surface area contributed by atoms with E-state index in [0.717, 1.165) is 0 Å². The van der Waals surface area contributed by atoms with Crippen LogP contribution in [0, 0.1) is 0 Å². The zero-order valence-electron chi connectivity index (χ0n) is 14.5. The van der Waals surface area contributed by atoms with E-state index in [9.17, 15) is 21.6 Å². The molecule has 1 atom stereocenters. The maximum absolute atomic E-state index is 12.5. The van der Waals surface area contributed by atoms with Crippen molar-refractivity contribution in [3.63, 3.8) is 0 Å². The van der Waals surface area contributed by atoms with Crippen LogP contribution in [0.2, 0.25) is 0 Å². The van der Waals surface area contributed by atoms with Crippen molar-refractivity contribution in [1.29, 1.82) is 0 Å². The van der Waals surface area contributed by atoms with Crippen LogP contribution in [-0.4, -0.2) is 39.8 Å². The minimum atomic E-state index is -4.08. The van der Waals surface area contributed by atoms with Gasteiger partial charge in [0.15, 0.2) is 9.84 Å². The Hall–Kier alpha value is -1.45. The van der Waals surface area contributed by atoms with Crippen LogP contribution in [0.3, 0.4) is 0 Å². The van der Waals surface area contributed by atoms with E-state index in [-0.39, 0.29) is 4.90 Å². The lowest BCUT2D eigenvalue weighted by Crippen LogP contribution is -2.48. The molecule has 3 N–H and O–H groups in total. The van der Waals surface area contributed by atoms with Gasteiger partial charge in [-0.1, -0.05) is 44.9 Å². The molecule has 1 rings (SSSR count). The van der Waals surface area contributed by atoms with Crippen LogP contribution in [0.4, 0.5) is 0 Å². The van der Waals surface area contributed by atoms with Gasteiger partial charge in [0.05, 0.1) is 21.9 Å². The van der Waals surface area contributed by atoms with E-state index >= 15 is 0 Å². The number of hydrogen-bond acceptors (Lipinski definition) is 6. The molecule has 0 saturated heterocycles. The molecule has 1 aromatic carbocycles. The first-order chi connectivity index (χ1) is 11.6. The summed E-state index contributed by atoms with van der Waals surface area (Å²) in [6.07, 6.45) is 2.39. The molecular formula is C16H26N2O5S2. The van der Waals surface area contributed by atoms with Crippen molar-refractivity contribution in [3.8, 4) is 0 Å². The van der Waals surface area contributed by atoms with Crippen LogP contribution in [0.25, 0.3) is 0 Å². The molecule has 0 radical (unpaired) electrons. The summed E-state index contributed by atoms with van der Waals surface area (Å²) in [4.78, 5) is 12.0. The first-order valence-corrected chi connectivity index (χ1v) is 11.4. The quantitative estimate of drug-likeness (QED) is 0.619. The van der Waals surface area contributed by atoms with E-state index in [4.69, 9.17) is 5.73 Å². The van der Waals surface area contributed by atoms with Crippen LogP contribution in [0.1, 0.15) is 39.5 Å². The number of rotatable bonds is 10. The van der Waals surface area contributed by atoms with E-state index in [2.05, 4.69) is 0 Å². The third-order valence-corrected chi connectivity index (χ3v) is 7.44. The van der Waals surface area contributed by atoms with Gasteiger partial charge in [0.1, 0.15) is 0 Å². The fourth-order valence-corrected chi connectivity index (χ4v) is 5.64. The van der Waals surface area contributed by atoms with E-state index in [1.54, 1.807) is 6.07 Å². The molecule has 0 fully saturated rings. The highest BCUT2D eigenvalue weighted by Crippen LogP contribution is 2.16. The number of carbonyl (C=O) groups is 1. The molecule has 0 bridgehead atoms. The number of hydrogen-bond donors (Lipinski definition) is 2. The average Bonchev–Trinajstić information content (AvgIpc) is 2.54. The highest BCUT2D eigenvalue weighted by atomic mass is 32.2. The fourth-order valence-electron chi connectivity index (χ4n) is 2.48. The lowest BCUT2D eigenvalue weighted by Gasteiger charge is -2.19. The predicted molar refractivity (Wildman–Crippen MR) is 97.1 cm³/mol. The van der Waals surface area contributed by atoms with Gasteiger partial charge in [-0.05, 0) is 25.0 Å². The molecule has 1 amide bonds. The summed E-state index contributed by atoms with van der Waals surface area (Å²) in [6, 6.07) is 5.89. The first-order valence-electron chi connectivity index (χ1n) is 8.23. The van der Waals surface area contributed by atoms with Crippen LogP contribution < -0.4 is 10.5 Å².